The first-order valence-electron chi connectivity index (χ1n) is 6.53. The maximum absolute atomic E-state index is 13.3. The Morgan fingerprint density at radius 3 is 2.81 bits per heavy atom. The van der Waals surface area contributed by atoms with Crippen molar-refractivity contribution < 1.29 is 9.50 Å². The fourth-order valence-electron chi connectivity index (χ4n) is 2.14. The summed E-state index contributed by atoms with van der Waals surface area (Å²) in [7, 11) is 0. The summed E-state index contributed by atoms with van der Waals surface area (Å²) >= 11 is 0. The van der Waals surface area contributed by atoms with Crippen LogP contribution in [-0.2, 0) is 6.54 Å². The van der Waals surface area contributed by atoms with Gasteiger partial charge in [0.05, 0.1) is 17.7 Å². The van der Waals surface area contributed by atoms with Gasteiger partial charge in [0.2, 0.25) is 0 Å². The third-order valence-electron chi connectivity index (χ3n) is 3.23. The van der Waals surface area contributed by atoms with Crippen molar-refractivity contribution in [3.63, 3.8) is 0 Å². The van der Waals surface area contributed by atoms with Crippen molar-refractivity contribution in [2.75, 3.05) is 5.32 Å². The lowest BCUT2D eigenvalue weighted by atomic mass is 10.2. The first-order valence-corrected chi connectivity index (χ1v) is 6.53. The number of anilines is 1. The summed E-state index contributed by atoms with van der Waals surface area (Å²) in [4.78, 5) is 4.03. The van der Waals surface area contributed by atoms with E-state index < -0.39 is 5.82 Å². The summed E-state index contributed by atoms with van der Waals surface area (Å²) in [5, 5.41) is 12.9. The molecule has 1 aromatic heterocycles. The summed E-state index contributed by atoms with van der Waals surface area (Å²) in [5.41, 5.74) is 2.32. The van der Waals surface area contributed by atoms with Crippen LogP contribution < -0.4 is 5.32 Å². The second-order valence-electron chi connectivity index (χ2n) is 4.59. The van der Waals surface area contributed by atoms with Gasteiger partial charge < -0.3 is 15.0 Å². The Hall–Kier alpha value is -2.82. The molecule has 0 amide bonds. The maximum atomic E-state index is 13.3. The number of imidazole rings is 1. The van der Waals surface area contributed by atoms with Gasteiger partial charge in [-0.05, 0) is 18.2 Å². The molecular weight excluding hydrogens is 269 g/mol. The Kier molecular flexibility index (Phi) is 3.55. The number of nitrogens with zero attached hydrogens (tertiary/aromatic N) is 2. The van der Waals surface area contributed by atoms with Crippen LogP contribution in [0.5, 0.6) is 5.75 Å². The van der Waals surface area contributed by atoms with Crippen LogP contribution in [0.4, 0.5) is 10.1 Å². The van der Waals surface area contributed by atoms with E-state index in [9.17, 15) is 9.50 Å². The van der Waals surface area contributed by atoms with Crippen molar-refractivity contribution in [2.45, 2.75) is 6.54 Å². The zero-order chi connectivity index (χ0) is 14.7. The van der Waals surface area contributed by atoms with Crippen LogP contribution in [0.3, 0.4) is 0 Å². The first kappa shape index (κ1) is 13.2. The molecule has 5 heteroatoms. The normalized spacial score (nSPS) is 10.5. The van der Waals surface area contributed by atoms with Crippen LogP contribution in [0.1, 0.15) is 5.56 Å². The lowest BCUT2D eigenvalue weighted by molar-refractivity contribution is 0.427. The lowest BCUT2D eigenvalue weighted by Crippen LogP contribution is -2.04. The van der Waals surface area contributed by atoms with E-state index in [-0.39, 0.29) is 5.75 Å². The van der Waals surface area contributed by atoms with Crippen molar-refractivity contribution >= 4 is 5.69 Å². The van der Waals surface area contributed by atoms with Crippen LogP contribution >= 0.6 is 0 Å². The first-order chi connectivity index (χ1) is 10.3. The molecule has 0 aliphatic heterocycles. The molecule has 1 heterocycles. The highest BCUT2D eigenvalue weighted by Crippen LogP contribution is 2.24. The predicted molar refractivity (Wildman–Crippen MR) is 79.0 cm³/mol. The molecule has 3 aromatic rings. The van der Waals surface area contributed by atoms with E-state index in [1.165, 1.54) is 6.07 Å². The van der Waals surface area contributed by atoms with E-state index in [4.69, 9.17) is 0 Å². The summed E-state index contributed by atoms with van der Waals surface area (Å²) in [5.74, 6) is -0.928. The van der Waals surface area contributed by atoms with Crippen LogP contribution in [0.2, 0.25) is 0 Å². The predicted octanol–water partition coefficient (Wildman–Crippen LogP) is 3.33. The highest BCUT2D eigenvalue weighted by atomic mass is 19.1. The molecule has 2 N–H and O–H groups in total. The number of para-hydroxylation sites is 3. The third-order valence-corrected chi connectivity index (χ3v) is 3.23. The highest BCUT2D eigenvalue weighted by Gasteiger charge is 2.08. The van der Waals surface area contributed by atoms with Gasteiger partial charge in [0.1, 0.15) is 0 Å². The lowest BCUT2D eigenvalue weighted by Gasteiger charge is -2.13. The molecule has 0 atom stereocenters. The van der Waals surface area contributed by atoms with Crippen LogP contribution in [-0.4, -0.2) is 14.7 Å². The van der Waals surface area contributed by atoms with Crippen molar-refractivity contribution in [1.82, 2.24) is 9.55 Å². The number of aromatic nitrogens is 2. The van der Waals surface area contributed by atoms with Gasteiger partial charge in [-0.25, -0.2) is 9.37 Å². The van der Waals surface area contributed by atoms with Gasteiger partial charge in [0.15, 0.2) is 11.6 Å². The molecule has 0 aliphatic carbocycles. The number of aromatic hydroxyl groups is 1. The molecule has 106 valence electrons. The van der Waals surface area contributed by atoms with Gasteiger partial charge in [0.25, 0.3) is 0 Å². The van der Waals surface area contributed by atoms with Crippen LogP contribution in [0.25, 0.3) is 5.69 Å². The van der Waals surface area contributed by atoms with Gasteiger partial charge in [-0.15, -0.1) is 0 Å². The summed E-state index contributed by atoms with van der Waals surface area (Å²) in [6, 6.07) is 12.2. The molecule has 0 radical (unpaired) electrons. The van der Waals surface area contributed by atoms with Crippen molar-refractivity contribution in [2.24, 2.45) is 0 Å². The molecule has 0 saturated carbocycles. The minimum absolute atomic E-state index is 0.315. The second-order valence-corrected chi connectivity index (χ2v) is 4.59. The molecule has 2 aromatic carbocycles. The molecule has 0 bridgehead atoms. The molecule has 0 aliphatic rings. The van der Waals surface area contributed by atoms with E-state index in [0.717, 1.165) is 11.4 Å². The topological polar surface area (TPSA) is 50.1 Å². The molecular formula is C16H14FN3O. The van der Waals surface area contributed by atoms with E-state index in [1.54, 1.807) is 24.7 Å². The highest BCUT2D eigenvalue weighted by molar-refractivity contribution is 5.61. The van der Waals surface area contributed by atoms with E-state index >= 15 is 0 Å². The number of hydrogen-bond donors (Lipinski definition) is 2. The summed E-state index contributed by atoms with van der Waals surface area (Å²) < 4.78 is 15.2. The maximum Gasteiger partial charge on any atom is 0.165 e. The molecule has 0 fully saturated rings. The van der Waals surface area contributed by atoms with Crippen LogP contribution in [0, 0.1) is 5.82 Å². The van der Waals surface area contributed by atoms with E-state index in [0.29, 0.717) is 12.1 Å². The molecule has 3 rings (SSSR count). The Labute approximate surface area is 121 Å². The fourth-order valence-corrected chi connectivity index (χ4v) is 2.14. The van der Waals surface area contributed by atoms with E-state index in [2.05, 4.69) is 10.3 Å². The average molecular weight is 283 g/mol. The largest absolute Gasteiger partial charge is 0.505 e. The molecule has 0 saturated heterocycles. The number of benzene rings is 2. The van der Waals surface area contributed by atoms with Crippen molar-refractivity contribution in [3.8, 4) is 11.4 Å². The van der Waals surface area contributed by atoms with Crippen molar-refractivity contribution in [3.05, 3.63) is 72.6 Å². The number of halogens is 1. The number of phenols is 1. The minimum atomic E-state index is -0.614. The zero-order valence-corrected chi connectivity index (χ0v) is 11.2. The monoisotopic (exact) mass is 283 g/mol. The van der Waals surface area contributed by atoms with Gasteiger partial charge in [0, 0.05) is 24.5 Å². The number of nitrogens with one attached hydrogen (secondary N) is 1. The van der Waals surface area contributed by atoms with Gasteiger partial charge in [-0.1, -0.05) is 24.3 Å². The van der Waals surface area contributed by atoms with Crippen molar-refractivity contribution in [1.29, 1.82) is 0 Å². The van der Waals surface area contributed by atoms with Gasteiger partial charge in [-0.2, -0.15) is 0 Å². The quantitative estimate of drug-likeness (QED) is 0.772. The van der Waals surface area contributed by atoms with Gasteiger partial charge >= 0.3 is 0 Å². The number of rotatable bonds is 4. The summed E-state index contributed by atoms with van der Waals surface area (Å²) in [6.07, 6.45) is 5.26. The molecule has 4 nitrogen and oxygen atoms in total. The molecule has 0 spiro atoms. The third kappa shape index (κ3) is 2.72. The number of phenolic OH excluding ortho intramolecular Hbond substituents is 1. The Balaban J connectivity index is 1.85. The Morgan fingerprint density at radius 2 is 2.00 bits per heavy atom. The van der Waals surface area contributed by atoms with Crippen LogP contribution in [0.15, 0.2) is 61.2 Å². The zero-order valence-electron chi connectivity index (χ0n) is 11.2. The standard InChI is InChI=1S/C16H14FN3O/c17-13-5-3-4-12(16(13)21)10-19-14-6-1-2-7-15(14)20-9-8-18-11-20/h1-9,11,19,21H,10H2. The Morgan fingerprint density at radius 1 is 1.14 bits per heavy atom. The fraction of sp³-hybridized carbons (Fsp3) is 0.0625. The number of hydrogen-bond acceptors (Lipinski definition) is 3. The second kappa shape index (κ2) is 5.66. The SMILES string of the molecule is Oc1c(F)cccc1CNc1ccccc1-n1ccnc1. The smallest absolute Gasteiger partial charge is 0.165 e. The average Bonchev–Trinajstić information content (AvgIpc) is 3.03. The van der Waals surface area contributed by atoms with Gasteiger partial charge in [-0.3, -0.25) is 0 Å². The molecule has 0 unspecified atom stereocenters. The minimum Gasteiger partial charge on any atom is -0.505 e. The summed E-state index contributed by atoms with van der Waals surface area (Å²) in [6.45, 7) is 0.329. The molecule has 21 heavy (non-hydrogen) atoms. The van der Waals surface area contributed by atoms with E-state index in [1.807, 2.05) is 35.0 Å². The Bertz CT molecular complexity index is 741.